The highest BCUT2D eigenvalue weighted by Crippen LogP contribution is 2.52. The summed E-state index contributed by atoms with van der Waals surface area (Å²) in [5, 5.41) is 2.18. The molecule has 1 saturated heterocycles. The lowest BCUT2D eigenvalue weighted by molar-refractivity contribution is -0.0508. The van der Waals surface area contributed by atoms with Crippen molar-refractivity contribution in [1.29, 1.82) is 0 Å². The maximum atomic E-state index is 11.9. The van der Waals surface area contributed by atoms with E-state index in [1.165, 1.54) is 0 Å². The molecule has 140 valence electrons. The van der Waals surface area contributed by atoms with E-state index >= 15 is 0 Å². The Labute approximate surface area is 156 Å². The van der Waals surface area contributed by atoms with Gasteiger partial charge in [-0.25, -0.2) is 4.79 Å². The molecule has 0 amide bonds. The summed E-state index contributed by atoms with van der Waals surface area (Å²) in [6.07, 6.45) is -1.59. The molecule has 27 heavy (non-hydrogen) atoms. The van der Waals surface area contributed by atoms with Crippen LogP contribution in [0.2, 0.25) is 0 Å². The average Bonchev–Trinajstić information content (AvgIpc) is 3.20. The van der Waals surface area contributed by atoms with Crippen molar-refractivity contribution in [3.8, 4) is 11.5 Å². The zero-order valence-electron chi connectivity index (χ0n) is 15.9. The van der Waals surface area contributed by atoms with Crippen molar-refractivity contribution in [3.63, 3.8) is 0 Å². The molecule has 2 aliphatic heterocycles. The summed E-state index contributed by atoms with van der Waals surface area (Å²) in [5.41, 5.74) is 4.26. The monoisotopic (exact) mass is 367 g/mol. The molecule has 0 bridgehead atoms. The molecule has 0 saturated carbocycles. The van der Waals surface area contributed by atoms with Crippen molar-refractivity contribution < 1.29 is 23.7 Å². The van der Waals surface area contributed by atoms with Gasteiger partial charge in [0.25, 0.3) is 0 Å². The number of H-pyrrole nitrogens is 1. The molecule has 2 aromatic carbocycles. The molecule has 2 aliphatic rings. The first-order chi connectivity index (χ1) is 12.8. The zero-order chi connectivity index (χ0) is 19.1. The van der Waals surface area contributed by atoms with Crippen LogP contribution in [0.15, 0.2) is 18.2 Å². The molecule has 0 unspecified atom stereocenters. The topological polar surface area (TPSA) is 69.8 Å². The van der Waals surface area contributed by atoms with Crippen LogP contribution in [0.5, 0.6) is 11.5 Å². The molecule has 1 N–H and O–H groups in total. The van der Waals surface area contributed by atoms with Gasteiger partial charge in [-0.1, -0.05) is 0 Å². The van der Waals surface area contributed by atoms with E-state index < -0.39 is 24.0 Å². The summed E-state index contributed by atoms with van der Waals surface area (Å²) in [6, 6.07) is 5.98. The number of ether oxygens (including phenoxy) is 4. The highest BCUT2D eigenvalue weighted by Gasteiger charge is 2.54. The van der Waals surface area contributed by atoms with Crippen LogP contribution in [0.1, 0.15) is 36.6 Å². The highest BCUT2D eigenvalue weighted by atomic mass is 16.8. The number of benzene rings is 2. The Kier molecular flexibility index (Phi) is 3.07. The van der Waals surface area contributed by atoms with Crippen LogP contribution >= 0.6 is 0 Å². The van der Waals surface area contributed by atoms with E-state index in [0.717, 1.165) is 50.0 Å². The predicted octanol–water partition coefficient (Wildman–Crippen LogP) is 4.69. The summed E-state index contributed by atoms with van der Waals surface area (Å²) in [7, 11) is 1.66. The van der Waals surface area contributed by atoms with E-state index in [0.29, 0.717) is 0 Å². The zero-order valence-corrected chi connectivity index (χ0v) is 15.9. The first-order valence-corrected chi connectivity index (χ1v) is 9.00. The second-order valence-electron chi connectivity index (χ2n) is 7.81. The Morgan fingerprint density at radius 3 is 2.67 bits per heavy atom. The Morgan fingerprint density at radius 2 is 1.93 bits per heavy atom. The highest BCUT2D eigenvalue weighted by molar-refractivity contribution is 6.11. The van der Waals surface area contributed by atoms with Gasteiger partial charge in [0.15, 0.2) is 12.2 Å². The van der Waals surface area contributed by atoms with Gasteiger partial charge >= 0.3 is 6.16 Å². The second kappa shape index (κ2) is 5.09. The molecule has 6 heteroatoms. The summed E-state index contributed by atoms with van der Waals surface area (Å²) in [5.74, 6) is 1.57. The maximum Gasteiger partial charge on any atom is 0.509 e. The van der Waals surface area contributed by atoms with Gasteiger partial charge in [0.2, 0.25) is 0 Å². The van der Waals surface area contributed by atoms with E-state index in [1.807, 2.05) is 45.9 Å². The van der Waals surface area contributed by atoms with Gasteiger partial charge in [-0.15, -0.1) is 0 Å². The number of aromatic amines is 1. The minimum absolute atomic E-state index is 0.472. The van der Waals surface area contributed by atoms with E-state index in [1.54, 1.807) is 7.11 Å². The van der Waals surface area contributed by atoms with Crippen LogP contribution in [-0.2, 0) is 9.47 Å². The van der Waals surface area contributed by atoms with Gasteiger partial charge < -0.3 is 23.9 Å². The van der Waals surface area contributed by atoms with Gasteiger partial charge in [-0.2, -0.15) is 0 Å². The van der Waals surface area contributed by atoms with Gasteiger partial charge in [-0.3, -0.25) is 0 Å². The first-order valence-electron chi connectivity index (χ1n) is 9.00. The van der Waals surface area contributed by atoms with Crippen LogP contribution in [0.4, 0.5) is 4.79 Å². The third kappa shape index (κ3) is 2.04. The smallest absolute Gasteiger partial charge is 0.497 e. The molecule has 1 fully saturated rings. The number of carbonyl (C=O) groups excluding carboxylic acids is 1. The van der Waals surface area contributed by atoms with Crippen molar-refractivity contribution in [2.75, 3.05) is 7.11 Å². The predicted molar refractivity (Wildman–Crippen MR) is 101 cm³/mol. The minimum atomic E-state index is -0.682. The fourth-order valence-electron chi connectivity index (χ4n) is 4.46. The number of hydrogen-bond acceptors (Lipinski definition) is 5. The van der Waals surface area contributed by atoms with Crippen molar-refractivity contribution in [1.82, 2.24) is 4.98 Å². The molecule has 0 aliphatic carbocycles. The lowest BCUT2D eigenvalue weighted by Gasteiger charge is -2.39. The van der Waals surface area contributed by atoms with Crippen LogP contribution in [0.3, 0.4) is 0 Å². The first kappa shape index (κ1) is 16.3. The Balaban J connectivity index is 1.87. The number of nitrogens with one attached hydrogen (secondary N) is 1. The number of aryl methyl sites for hydroxylation is 2. The van der Waals surface area contributed by atoms with Gasteiger partial charge in [0.05, 0.1) is 12.6 Å². The van der Waals surface area contributed by atoms with Crippen molar-refractivity contribution >= 4 is 28.0 Å². The van der Waals surface area contributed by atoms with E-state index in [-0.39, 0.29) is 0 Å². The Hall–Kier alpha value is -2.89. The molecular formula is C21H21NO5. The summed E-state index contributed by atoms with van der Waals surface area (Å²) in [4.78, 5) is 15.4. The molecule has 1 aromatic heterocycles. The average molecular weight is 367 g/mol. The van der Waals surface area contributed by atoms with Crippen LogP contribution in [-0.4, -0.2) is 30.0 Å². The minimum Gasteiger partial charge on any atom is -0.497 e. The molecule has 6 nitrogen and oxygen atoms in total. The lowest BCUT2D eigenvalue weighted by atomic mass is 9.84. The molecule has 3 aromatic rings. The molecule has 5 rings (SSSR count). The molecule has 0 radical (unpaired) electrons. The summed E-state index contributed by atoms with van der Waals surface area (Å²) in [6.45, 7) is 7.92. The number of methoxy groups -OCH3 is 1. The van der Waals surface area contributed by atoms with Crippen LogP contribution in [0.25, 0.3) is 21.8 Å². The summed E-state index contributed by atoms with van der Waals surface area (Å²) < 4.78 is 22.7. The van der Waals surface area contributed by atoms with Crippen molar-refractivity contribution in [2.45, 2.75) is 45.5 Å². The number of rotatable bonds is 1. The van der Waals surface area contributed by atoms with Crippen LogP contribution < -0.4 is 9.47 Å². The summed E-state index contributed by atoms with van der Waals surface area (Å²) >= 11 is 0. The van der Waals surface area contributed by atoms with Gasteiger partial charge in [0, 0.05) is 27.4 Å². The van der Waals surface area contributed by atoms with Crippen LogP contribution in [0, 0.1) is 13.8 Å². The lowest BCUT2D eigenvalue weighted by Crippen LogP contribution is -2.48. The third-order valence-electron chi connectivity index (χ3n) is 5.80. The number of carbonyl (C=O) groups is 1. The number of hydrogen-bond donors (Lipinski definition) is 1. The largest absolute Gasteiger partial charge is 0.509 e. The van der Waals surface area contributed by atoms with Crippen molar-refractivity contribution in [2.24, 2.45) is 0 Å². The van der Waals surface area contributed by atoms with Gasteiger partial charge in [-0.05, 0) is 51.5 Å². The number of aromatic nitrogens is 1. The van der Waals surface area contributed by atoms with Crippen molar-refractivity contribution in [3.05, 3.63) is 34.9 Å². The fourth-order valence-corrected chi connectivity index (χ4v) is 4.46. The fraction of sp³-hybridized carbons (Fsp3) is 0.381. The number of fused-ring (bicyclic) bond motifs is 6. The second-order valence-corrected chi connectivity index (χ2v) is 7.81. The SMILES string of the molecule is COc1ccc2[nH]c3c(C)c4c(c(C)c3c2c1)OC(C)(C)[C@@H]1OC(=O)O[C@H]41. The third-order valence-corrected chi connectivity index (χ3v) is 5.80. The maximum absolute atomic E-state index is 11.9. The Bertz CT molecular complexity index is 1130. The molecular weight excluding hydrogens is 346 g/mol. The normalized spacial score (nSPS) is 22.8. The van der Waals surface area contributed by atoms with Gasteiger partial charge in [0.1, 0.15) is 17.1 Å². The van der Waals surface area contributed by atoms with E-state index in [2.05, 4.69) is 4.98 Å². The molecule has 0 spiro atoms. The standard InChI is InChI=1S/C21H21NO5/c1-9-15-17(27-21(3,4)19-18(15)25-20(23)26-19)10(2)14-12-8-11(24-5)6-7-13(12)22-16(9)14/h6-8,18-19,22H,1-5H3/t18-,19-/m1/s1. The molecule has 3 heterocycles. The molecule has 2 atom stereocenters. The van der Waals surface area contributed by atoms with E-state index in [9.17, 15) is 4.79 Å². The van der Waals surface area contributed by atoms with E-state index in [4.69, 9.17) is 18.9 Å². The quantitative estimate of drug-likeness (QED) is 0.632. The Morgan fingerprint density at radius 1 is 1.15 bits per heavy atom.